The number of likely N-dealkylation sites (N-methyl/N-ethyl adjacent to an activating group) is 1. The molecule has 126 valence electrons. The number of hydrogen-bond acceptors (Lipinski definition) is 3. The monoisotopic (exact) mass is 319 g/mol. The summed E-state index contributed by atoms with van der Waals surface area (Å²) in [5.74, 6) is -0.689. The minimum absolute atomic E-state index is 0.00205. The van der Waals surface area contributed by atoms with Crippen LogP contribution in [-0.4, -0.2) is 48.3 Å². The molecule has 0 unspecified atom stereocenters. The fourth-order valence-corrected chi connectivity index (χ4v) is 2.05. The van der Waals surface area contributed by atoms with Crippen LogP contribution in [0.5, 0.6) is 0 Å². The van der Waals surface area contributed by atoms with Crippen LogP contribution in [0.4, 0.5) is 0 Å². The second-order valence-corrected chi connectivity index (χ2v) is 5.57. The van der Waals surface area contributed by atoms with Gasteiger partial charge < -0.3 is 15.5 Å². The number of hydrogen-bond donors (Lipinski definition) is 2. The summed E-state index contributed by atoms with van der Waals surface area (Å²) in [6.07, 6.45) is 0.230. The van der Waals surface area contributed by atoms with E-state index in [1.807, 2.05) is 44.2 Å². The van der Waals surface area contributed by atoms with Crippen molar-refractivity contribution in [2.45, 2.75) is 33.2 Å². The maximum Gasteiger partial charge on any atom is 0.242 e. The first-order valence-corrected chi connectivity index (χ1v) is 7.80. The van der Waals surface area contributed by atoms with Gasteiger partial charge in [0.05, 0.1) is 19.5 Å². The predicted molar refractivity (Wildman–Crippen MR) is 88.7 cm³/mol. The topological polar surface area (TPSA) is 78.5 Å². The zero-order valence-electron chi connectivity index (χ0n) is 14.0. The molecule has 3 amide bonds. The molecule has 6 heteroatoms. The highest BCUT2D eigenvalue weighted by atomic mass is 16.2. The minimum Gasteiger partial charge on any atom is -0.352 e. The third-order valence-corrected chi connectivity index (χ3v) is 3.16. The Hall–Kier alpha value is -2.37. The first kappa shape index (κ1) is 18.7. The predicted octanol–water partition coefficient (Wildman–Crippen LogP) is 0.718. The second kappa shape index (κ2) is 9.61. The fraction of sp³-hybridized carbons (Fsp3) is 0.471. The molecule has 0 heterocycles. The maximum atomic E-state index is 12.1. The van der Waals surface area contributed by atoms with Gasteiger partial charge in [-0.05, 0) is 26.3 Å². The summed E-state index contributed by atoms with van der Waals surface area (Å²) in [4.78, 5) is 37.0. The van der Waals surface area contributed by atoms with Gasteiger partial charge in [0.25, 0.3) is 0 Å². The molecule has 0 aliphatic heterocycles. The van der Waals surface area contributed by atoms with E-state index >= 15 is 0 Å². The number of rotatable bonds is 8. The number of nitrogens with zero attached hydrogens (tertiary/aromatic N) is 1. The summed E-state index contributed by atoms with van der Waals surface area (Å²) < 4.78 is 0. The Kier molecular flexibility index (Phi) is 7.80. The summed E-state index contributed by atoms with van der Waals surface area (Å²) in [5, 5.41) is 5.34. The largest absolute Gasteiger partial charge is 0.352 e. The SMILES string of the molecule is CCN(CC(=O)NC(C)C)C(=O)CNC(=O)Cc1ccccc1. The molecule has 0 atom stereocenters. The molecule has 0 aliphatic carbocycles. The molecule has 0 bridgehead atoms. The third-order valence-electron chi connectivity index (χ3n) is 3.16. The van der Waals surface area contributed by atoms with Crippen LogP contribution in [0.15, 0.2) is 30.3 Å². The summed E-state index contributed by atoms with van der Waals surface area (Å²) >= 11 is 0. The van der Waals surface area contributed by atoms with Crippen LogP contribution in [0, 0.1) is 0 Å². The van der Waals surface area contributed by atoms with Crippen LogP contribution < -0.4 is 10.6 Å². The normalized spacial score (nSPS) is 10.3. The highest BCUT2D eigenvalue weighted by Crippen LogP contribution is 1.99. The van der Waals surface area contributed by atoms with E-state index in [1.54, 1.807) is 6.92 Å². The molecule has 0 aliphatic rings. The van der Waals surface area contributed by atoms with Gasteiger partial charge in [-0.3, -0.25) is 14.4 Å². The molecule has 0 spiro atoms. The van der Waals surface area contributed by atoms with Crippen molar-refractivity contribution in [2.24, 2.45) is 0 Å². The van der Waals surface area contributed by atoms with Crippen LogP contribution in [0.25, 0.3) is 0 Å². The Morgan fingerprint density at radius 2 is 1.74 bits per heavy atom. The van der Waals surface area contributed by atoms with Crippen LogP contribution in [0.2, 0.25) is 0 Å². The Balaban J connectivity index is 2.41. The highest BCUT2D eigenvalue weighted by molar-refractivity contribution is 5.88. The lowest BCUT2D eigenvalue weighted by Gasteiger charge is -2.21. The van der Waals surface area contributed by atoms with Crippen molar-refractivity contribution < 1.29 is 14.4 Å². The molecule has 1 rings (SSSR count). The molecule has 1 aromatic rings. The van der Waals surface area contributed by atoms with Gasteiger partial charge in [-0.25, -0.2) is 0 Å². The van der Waals surface area contributed by atoms with Gasteiger partial charge >= 0.3 is 0 Å². The van der Waals surface area contributed by atoms with E-state index in [0.717, 1.165) is 5.56 Å². The molecule has 6 nitrogen and oxygen atoms in total. The molecule has 0 radical (unpaired) electrons. The lowest BCUT2D eigenvalue weighted by Crippen LogP contribution is -2.46. The van der Waals surface area contributed by atoms with E-state index in [0.29, 0.717) is 6.54 Å². The van der Waals surface area contributed by atoms with Gasteiger partial charge in [-0.2, -0.15) is 0 Å². The lowest BCUT2D eigenvalue weighted by molar-refractivity contribution is -0.136. The number of carbonyl (C=O) groups is 3. The average molecular weight is 319 g/mol. The Morgan fingerprint density at radius 3 is 2.30 bits per heavy atom. The van der Waals surface area contributed by atoms with Crippen molar-refractivity contribution in [3.8, 4) is 0 Å². The van der Waals surface area contributed by atoms with Gasteiger partial charge in [-0.15, -0.1) is 0 Å². The van der Waals surface area contributed by atoms with E-state index in [4.69, 9.17) is 0 Å². The quantitative estimate of drug-likeness (QED) is 0.741. The van der Waals surface area contributed by atoms with E-state index < -0.39 is 0 Å². The van der Waals surface area contributed by atoms with Gasteiger partial charge in [0.1, 0.15) is 0 Å². The number of benzene rings is 1. The molecular weight excluding hydrogens is 294 g/mol. The van der Waals surface area contributed by atoms with E-state index in [2.05, 4.69) is 10.6 Å². The molecular formula is C17H25N3O3. The van der Waals surface area contributed by atoms with E-state index in [9.17, 15) is 14.4 Å². The smallest absolute Gasteiger partial charge is 0.242 e. The molecule has 0 saturated carbocycles. The average Bonchev–Trinajstić information content (AvgIpc) is 2.50. The van der Waals surface area contributed by atoms with Crippen LogP contribution in [-0.2, 0) is 20.8 Å². The van der Waals surface area contributed by atoms with Crippen LogP contribution in [0.1, 0.15) is 26.3 Å². The zero-order chi connectivity index (χ0) is 17.2. The van der Waals surface area contributed by atoms with Gasteiger partial charge in [0, 0.05) is 12.6 Å². The molecule has 1 aromatic carbocycles. The number of carbonyl (C=O) groups excluding carboxylic acids is 3. The summed E-state index contributed by atoms with van der Waals surface area (Å²) in [6.45, 7) is 5.83. The van der Waals surface area contributed by atoms with Crippen molar-refractivity contribution in [3.63, 3.8) is 0 Å². The summed E-state index contributed by atoms with van der Waals surface area (Å²) in [6, 6.07) is 9.35. The molecule has 0 saturated heterocycles. The van der Waals surface area contributed by atoms with Crippen LogP contribution >= 0.6 is 0 Å². The molecule has 0 aromatic heterocycles. The number of nitrogens with one attached hydrogen (secondary N) is 2. The Labute approximate surface area is 137 Å². The van der Waals surface area contributed by atoms with Gasteiger partial charge in [-0.1, -0.05) is 30.3 Å². The molecule has 23 heavy (non-hydrogen) atoms. The van der Waals surface area contributed by atoms with Crippen LogP contribution in [0.3, 0.4) is 0 Å². The van der Waals surface area contributed by atoms with Gasteiger partial charge in [0.15, 0.2) is 0 Å². The van der Waals surface area contributed by atoms with E-state index in [1.165, 1.54) is 4.90 Å². The summed E-state index contributed by atoms with van der Waals surface area (Å²) in [5.41, 5.74) is 0.890. The fourth-order valence-electron chi connectivity index (χ4n) is 2.05. The maximum absolute atomic E-state index is 12.1. The zero-order valence-corrected chi connectivity index (χ0v) is 14.0. The van der Waals surface area contributed by atoms with E-state index in [-0.39, 0.29) is 43.3 Å². The van der Waals surface area contributed by atoms with Crippen molar-refractivity contribution in [3.05, 3.63) is 35.9 Å². The van der Waals surface area contributed by atoms with Crippen molar-refractivity contribution in [1.82, 2.24) is 15.5 Å². The molecule has 2 N–H and O–H groups in total. The molecule has 0 fully saturated rings. The third kappa shape index (κ3) is 7.44. The Bertz CT molecular complexity index is 529. The Morgan fingerprint density at radius 1 is 1.09 bits per heavy atom. The highest BCUT2D eigenvalue weighted by Gasteiger charge is 2.16. The summed E-state index contributed by atoms with van der Waals surface area (Å²) in [7, 11) is 0. The minimum atomic E-state index is -0.271. The second-order valence-electron chi connectivity index (χ2n) is 5.57. The first-order valence-electron chi connectivity index (χ1n) is 7.80. The van der Waals surface area contributed by atoms with Crippen molar-refractivity contribution in [2.75, 3.05) is 19.6 Å². The van der Waals surface area contributed by atoms with Gasteiger partial charge in [0.2, 0.25) is 17.7 Å². The first-order chi connectivity index (χ1) is 10.9. The van der Waals surface area contributed by atoms with Crippen molar-refractivity contribution in [1.29, 1.82) is 0 Å². The van der Waals surface area contributed by atoms with Crippen molar-refractivity contribution >= 4 is 17.7 Å². The number of amides is 3. The lowest BCUT2D eigenvalue weighted by atomic mass is 10.1. The standard InChI is InChI=1S/C17H25N3O3/c1-4-20(12-16(22)19-13(2)3)17(23)11-18-15(21)10-14-8-6-5-7-9-14/h5-9,13H,4,10-12H2,1-3H3,(H,18,21)(H,19,22).